The average Bonchev–Trinajstić information content (AvgIpc) is 3.14. The second-order valence-electron chi connectivity index (χ2n) is 7.02. The molecular weight excluding hydrogens is 326 g/mol. The van der Waals surface area contributed by atoms with Gasteiger partial charge in [-0.25, -0.2) is 0 Å². The fraction of sp³-hybridized carbons (Fsp3) is 0.500. The summed E-state index contributed by atoms with van der Waals surface area (Å²) in [4.78, 5) is 6.76. The first-order valence-corrected chi connectivity index (χ1v) is 9.35. The standard InChI is InChI=1S/C20H29N5O/c1-15(2)19-12-18(26-24-19)13-23-20(21-3)22-9-11-25-10-8-16-6-4-5-7-17(16)14-25/h4-7,12,15H,8-11,13-14H2,1-3H3,(H2,21,22,23). The smallest absolute Gasteiger partial charge is 0.191 e. The summed E-state index contributed by atoms with van der Waals surface area (Å²) in [7, 11) is 1.78. The van der Waals surface area contributed by atoms with Crippen LogP contribution in [0.15, 0.2) is 39.8 Å². The molecule has 0 spiro atoms. The molecule has 6 heteroatoms. The van der Waals surface area contributed by atoms with Gasteiger partial charge < -0.3 is 15.2 Å². The molecule has 0 unspecified atom stereocenters. The molecule has 1 aliphatic heterocycles. The van der Waals surface area contributed by atoms with Crippen LogP contribution in [0.3, 0.4) is 0 Å². The fourth-order valence-corrected chi connectivity index (χ4v) is 3.15. The van der Waals surface area contributed by atoms with E-state index in [9.17, 15) is 0 Å². The summed E-state index contributed by atoms with van der Waals surface area (Å²) >= 11 is 0. The van der Waals surface area contributed by atoms with Crippen LogP contribution in [0.1, 0.15) is 42.3 Å². The molecule has 0 saturated heterocycles. The molecule has 1 aromatic carbocycles. The van der Waals surface area contributed by atoms with Crippen molar-refractivity contribution in [2.75, 3.05) is 26.7 Å². The molecule has 26 heavy (non-hydrogen) atoms. The van der Waals surface area contributed by atoms with Crippen molar-refractivity contribution in [3.8, 4) is 0 Å². The van der Waals surface area contributed by atoms with Crippen molar-refractivity contribution in [1.29, 1.82) is 0 Å². The van der Waals surface area contributed by atoms with E-state index in [1.807, 2.05) is 6.07 Å². The van der Waals surface area contributed by atoms with Crippen molar-refractivity contribution < 1.29 is 4.52 Å². The van der Waals surface area contributed by atoms with Gasteiger partial charge in [0.1, 0.15) is 0 Å². The lowest BCUT2D eigenvalue weighted by atomic mass is 10.00. The zero-order chi connectivity index (χ0) is 18.4. The highest BCUT2D eigenvalue weighted by Crippen LogP contribution is 2.17. The second-order valence-corrected chi connectivity index (χ2v) is 7.02. The molecule has 2 aromatic rings. The van der Waals surface area contributed by atoms with E-state index in [0.29, 0.717) is 12.5 Å². The molecule has 0 fully saturated rings. The minimum absolute atomic E-state index is 0.375. The molecule has 0 bridgehead atoms. The Morgan fingerprint density at radius 1 is 1.27 bits per heavy atom. The van der Waals surface area contributed by atoms with Crippen LogP contribution in [0, 0.1) is 0 Å². The van der Waals surface area contributed by atoms with Gasteiger partial charge in [0, 0.05) is 39.3 Å². The zero-order valence-corrected chi connectivity index (χ0v) is 16.0. The molecule has 0 saturated carbocycles. The van der Waals surface area contributed by atoms with Gasteiger partial charge in [-0.3, -0.25) is 9.89 Å². The van der Waals surface area contributed by atoms with Crippen LogP contribution in [-0.2, 0) is 19.5 Å². The van der Waals surface area contributed by atoms with Crippen molar-refractivity contribution >= 4 is 5.96 Å². The van der Waals surface area contributed by atoms with Crippen LogP contribution in [-0.4, -0.2) is 42.7 Å². The predicted octanol–water partition coefficient (Wildman–Crippen LogP) is 2.52. The number of guanidine groups is 1. The SMILES string of the molecule is CN=C(NCCN1CCc2ccccc2C1)NCc1cc(C(C)C)no1. The topological polar surface area (TPSA) is 65.7 Å². The van der Waals surface area contributed by atoms with Crippen LogP contribution < -0.4 is 10.6 Å². The maximum Gasteiger partial charge on any atom is 0.191 e. The molecule has 0 radical (unpaired) electrons. The van der Waals surface area contributed by atoms with Crippen molar-refractivity contribution in [1.82, 2.24) is 20.7 Å². The Morgan fingerprint density at radius 3 is 2.81 bits per heavy atom. The number of benzene rings is 1. The monoisotopic (exact) mass is 355 g/mol. The highest BCUT2D eigenvalue weighted by molar-refractivity contribution is 5.79. The molecule has 0 aliphatic carbocycles. The van der Waals surface area contributed by atoms with Gasteiger partial charge in [0.05, 0.1) is 12.2 Å². The third-order valence-corrected chi connectivity index (χ3v) is 4.75. The lowest BCUT2D eigenvalue weighted by molar-refractivity contribution is 0.258. The number of aliphatic imine (C=N–C) groups is 1. The number of hydrogen-bond donors (Lipinski definition) is 2. The fourth-order valence-electron chi connectivity index (χ4n) is 3.15. The van der Waals surface area contributed by atoms with E-state index < -0.39 is 0 Å². The lowest BCUT2D eigenvalue weighted by Gasteiger charge is -2.28. The summed E-state index contributed by atoms with van der Waals surface area (Å²) in [5.74, 6) is 1.98. The maximum atomic E-state index is 5.35. The van der Waals surface area contributed by atoms with Gasteiger partial charge in [-0.15, -0.1) is 0 Å². The van der Waals surface area contributed by atoms with Crippen LogP contribution in [0.25, 0.3) is 0 Å². The predicted molar refractivity (Wildman–Crippen MR) is 104 cm³/mol. The van der Waals surface area contributed by atoms with Crippen molar-refractivity contribution in [3.05, 3.63) is 52.9 Å². The minimum atomic E-state index is 0.375. The summed E-state index contributed by atoms with van der Waals surface area (Å²) in [5.41, 5.74) is 3.92. The summed E-state index contributed by atoms with van der Waals surface area (Å²) in [6.07, 6.45) is 1.13. The quantitative estimate of drug-likeness (QED) is 0.616. The van der Waals surface area contributed by atoms with E-state index in [0.717, 1.165) is 50.0 Å². The minimum Gasteiger partial charge on any atom is -0.359 e. The van der Waals surface area contributed by atoms with Gasteiger partial charge in [-0.05, 0) is 23.5 Å². The summed E-state index contributed by atoms with van der Waals surface area (Å²) < 4.78 is 5.35. The van der Waals surface area contributed by atoms with Crippen LogP contribution in [0.2, 0.25) is 0 Å². The first-order chi connectivity index (χ1) is 12.7. The molecule has 3 rings (SSSR count). The number of aromatic nitrogens is 1. The molecular formula is C20H29N5O. The van der Waals surface area contributed by atoms with Gasteiger partial charge in [0.2, 0.25) is 0 Å². The normalized spacial score (nSPS) is 15.2. The van der Waals surface area contributed by atoms with Crippen molar-refractivity contribution in [3.63, 3.8) is 0 Å². The van der Waals surface area contributed by atoms with E-state index >= 15 is 0 Å². The molecule has 2 heterocycles. The Kier molecular flexibility index (Phi) is 6.28. The van der Waals surface area contributed by atoms with E-state index in [1.165, 1.54) is 11.1 Å². The van der Waals surface area contributed by atoms with Crippen molar-refractivity contribution in [2.45, 2.75) is 39.3 Å². The Morgan fingerprint density at radius 2 is 2.08 bits per heavy atom. The molecule has 6 nitrogen and oxygen atoms in total. The summed E-state index contributed by atoms with van der Waals surface area (Å²) in [6.45, 7) is 8.78. The van der Waals surface area contributed by atoms with Crippen LogP contribution in [0.5, 0.6) is 0 Å². The molecule has 1 aromatic heterocycles. The highest BCUT2D eigenvalue weighted by Gasteiger charge is 2.15. The van der Waals surface area contributed by atoms with E-state index in [2.05, 4.69) is 63.8 Å². The summed E-state index contributed by atoms with van der Waals surface area (Å²) in [6, 6.07) is 10.7. The molecule has 0 amide bonds. The first-order valence-electron chi connectivity index (χ1n) is 9.35. The Labute approximate surface area is 155 Å². The molecule has 0 atom stereocenters. The molecule has 2 N–H and O–H groups in total. The van der Waals surface area contributed by atoms with E-state index in [4.69, 9.17) is 4.52 Å². The van der Waals surface area contributed by atoms with Crippen LogP contribution in [0.4, 0.5) is 0 Å². The van der Waals surface area contributed by atoms with E-state index in [-0.39, 0.29) is 0 Å². The van der Waals surface area contributed by atoms with E-state index in [1.54, 1.807) is 7.05 Å². The maximum absolute atomic E-state index is 5.35. The van der Waals surface area contributed by atoms with Crippen molar-refractivity contribution in [2.24, 2.45) is 4.99 Å². The van der Waals surface area contributed by atoms with Crippen LogP contribution >= 0.6 is 0 Å². The molecule has 140 valence electrons. The molecule has 1 aliphatic rings. The number of rotatable bonds is 6. The first kappa shape index (κ1) is 18.5. The van der Waals surface area contributed by atoms with Gasteiger partial charge in [-0.1, -0.05) is 43.3 Å². The van der Waals surface area contributed by atoms with Gasteiger partial charge in [-0.2, -0.15) is 0 Å². The average molecular weight is 355 g/mol. The van der Waals surface area contributed by atoms with Gasteiger partial charge >= 0.3 is 0 Å². The number of fused-ring (bicyclic) bond motifs is 1. The number of nitrogens with zero attached hydrogens (tertiary/aromatic N) is 3. The highest BCUT2D eigenvalue weighted by atomic mass is 16.5. The number of nitrogens with one attached hydrogen (secondary N) is 2. The Bertz CT molecular complexity index is 737. The Balaban J connectivity index is 1.40. The van der Waals surface area contributed by atoms with Gasteiger partial charge in [0.15, 0.2) is 11.7 Å². The Hall–Kier alpha value is -2.34. The third-order valence-electron chi connectivity index (χ3n) is 4.75. The summed E-state index contributed by atoms with van der Waals surface area (Å²) in [5, 5.41) is 10.7. The number of hydrogen-bond acceptors (Lipinski definition) is 4. The van der Waals surface area contributed by atoms with Gasteiger partial charge in [0.25, 0.3) is 0 Å². The zero-order valence-electron chi connectivity index (χ0n) is 16.0. The lowest BCUT2D eigenvalue weighted by Crippen LogP contribution is -2.42. The third kappa shape index (κ3) is 4.85. The second kappa shape index (κ2) is 8.85. The largest absolute Gasteiger partial charge is 0.359 e.